The zero-order valence-electron chi connectivity index (χ0n) is 9.59. The minimum absolute atomic E-state index is 0.103. The SMILES string of the molecule is CC(C)C(N1CCC(N)(CO)C1)C(F)(F)F. The third-order valence-electron chi connectivity index (χ3n) is 3.09. The van der Waals surface area contributed by atoms with E-state index in [0.717, 1.165) is 0 Å². The molecule has 1 aliphatic heterocycles. The number of halogens is 3. The van der Waals surface area contributed by atoms with Crippen LogP contribution in [0.2, 0.25) is 0 Å². The van der Waals surface area contributed by atoms with E-state index in [2.05, 4.69) is 0 Å². The highest BCUT2D eigenvalue weighted by Gasteiger charge is 2.49. The van der Waals surface area contributed by atoms with Crippen LogP contribution in [0, 0.1) is 5.92 Å². The molecule has 16 heavy (non-hydrogen) atoms. The Morgan fingerprint density at radius 3 is 2.31 bits per heavy atom. The van der Waals surface area contributed by atoms with Crippen LogP contribution >= 0.6 is 0 Å². The van der Waals surface area contributed by atoms with E-state index in [-0.39, 0.29) is 13.2 Å². The van der Waals surface area contributed by atoms with E-state index in [1.54, 1.807) is 13.8 Å². The first-order valence-corrected chi connectivity index (χ1v) is 5.40. The van der Waals surface area contributed by atoms with Gasteiger partial charge in [0.1, 0.15) is 6.04 Å². The van der Waals surface area contributed by atoms with Gasteiger partial charge in [-0.05, 0) is 12.3 Å². The molecular weight excluding hydrogens is 221 g/mol. The van der Waals surface area contributed by atoms with Gasteiger partial charge in [-0.3, -0.25) is 4.90 Å². The fourth-order valence-corrected chi connectivity index (χ4v) is 2.30. The molecule has 0 aliphatic carbocycles. The van der Waals surface area contributed by atoms with Gasteiger partial charge in [-0.15, -0.1) is 0 Å². The lowest BCUT2D eigenvalue weighted by Gasteiger charge is -2.33. The molecule has 0 aromatic heterocycles. The number of likely N-dealkylation sites (tertiary alicyclic amines) is 1. The Labute approximate surface area is 93.4 Å². The molecule has 2 atom stereocenters. The number of nitrogens with zero attached hydrogens (tertiary/aromatic N) is 1. The van der Waals surface area contributed by atoms with E-state index in [9.17, 15) is 13.2 Å². The lowest BCUT2D eigenvalue weighted by Crippen LogP contribution is -2.52. The maximum atomic E-state index is 12.8. The molecule has 0 aromatic rings. The molecule has 0 saturated carbocycles. The second-order valence-corrected chi connectivity index (χ2v) is 4.97. The number of hydrogen-bond donors (Lipinski definition) is 2. The summed E-state index contributed by atoms with van der Waals surface area (Å²) >= 11 is 0. The van der Waals surface area contributed by atoms with E-state index in [1.807, 2.05) is 0 Å². The number of rotatable bonds is 3. The van der Waals surface area contributed by atoms with Crippen LogP contribution in [-0.2, 0) is 0 Å². The van der Waals surface area contributed by atoms with Crippen molar-refractivity contribution in [3.05, 3.63) is 0 Å². The van der Waals surface area contributed by atoms with Gasteiger partial charge in [0.2, 0.25) is 0 Å². The summed E-state index contributed by atoms with van der Waals surface area (Å²) in [4.78, 5) is 1.33. The van der Waals surface area contributed by atoms with Gasteiger partial charge < -0.3 is 10.8 Å². The smallest absolute Gasteiger partial charge is 0.394 e. The highest BCUT2D eigenvalue weighted by molar-refractivity contribution is 4.98. The Bertz CT molecular complexity index is 245. The molecule has 0 aromatic carbocycles. The third kappa shape index (κ3) is 2.87. The summed E-state index contributed by atoms with van der Waals surface area (Å²) in [5.41, 5.74) is 4.89. The van der Waals surface area contributed by atoms with Crippen molar-refractivity contribution in [2.75, 3.05) is 19.7 Å². The summed E-state index contributed by atoms with van der Waals surface area (Å²) in [7, 11) is 0. The molecule has 0 spiro atoms. The monoisotopic (exact) mass is 240 g/mol. The van der Waals surface area contributed by atoms with Crippen molar-refractivity contribution >= 4 is 0 Å². The van der Waals surface area contributed by atoms with Crippen LogP contribution in [0.5, 0.6) is 0 Å². The highest BCUT2D eigenvalue weighted by Crippen LogP contribution is 2.33. The molecule has 1 heterocycles. The fourth-order valence-electron chi connectivity index (χ4n) is 2.30. The second-order valence-electron chi connectivity index (χ2n) is 4.97. The number of hydrogen-bond acceptors (Lipinski definition) is 3. The van der Waals surface area contributed by atoms with Crippen LogP contribution in [0.25, 0.3) is 0 Å². The van der Waals surface area contributed by atoms with Gasteiger partial charge in [0.15, 0.2) is 0 Å². The van der Waals surface area contributed by atoms with Crippen molar-refractivity contribution in [3.8, 4) is 0 Å². The van der Waals surface area contributed by atoms with Crippen molar-refractivity contribution in [3.63, 3.8) is 0 Å². The Kier molecular flexibility index (Phi) is 3.87. The average Bonchev–Trinajstić information content (AvgIpc) is 2.46. The molecule has 3 N–H and O–H groups in total. The van der Waals surface area contributed by atoms with E-state index >= 15 is 0 Å². The quantitative estimate of drug-likeness (QED) is 0.772. The van der Waals surface area contributed by atoms with Crippen molar-refractivity contribution < 1.29 is 18.3 Å². The summed E-state index contributed by atoms with van der Waals surface area (Å²) in [6, 6.07) is -1.47. The molecule has 0 bridgehead atoms. The summed E-state index contributed by atoms with van der Waals surface area (Å²) in [6.45, 7) is 3.22. The molecule has 1 rings (SSSR count). The molecule has 96 valence electrons. The van der Waals surface area contributed by atoms with Gasteiger partial charge in [-0.25, -0.2) is 0 Å². The Hall–Kier alpha value is -0.330. The topological polar surface area (TPSA) is 49.5 Å². The second kappa shape index (κ2) is 4.50. The summed E-state index contributed by atoms with van der Waals surface area (Å²) in [5, 5.41) is 9.03. The molecule has 6 heteroatoms. The predicted molar refractivity (Wildman–Crippen MR) is 54.9 cm³/mol. The van der Waals surface area contributed by atoms with Crippen molar-refractivity contribution in [2.24, 2.45) is 11.7 Å². The van der Waals surface area contributed by atoms with Gasteiger partial charge in [-0.2, -0.15) is 13.2 Å². The Balaban J connectivity index is 2.76. The molecule has 1 saturated heterocycles. The van der Waals surface area contributed by atoms with Crippen molar-refractivity contribution in [1.82, 2.24) is 4.90 Å². The number of aliphatic hydroxyl groups excluding tert-OH is 1. The molecular formula is C10H19F3N2O. The molecule has 1 aliphatic rings. The lowest BCUT2D eigenvalue weighted by atomic mass is 10.0. The number of nitrogens with two attached hydrogens (primary N) is 1. The lowest BCUT2D eigenvalue weighted by molar-refractivity contribution is -0.192. The van der Waals surface area contributed by atoms with Crippen LogP contribution < -0.4 is 5.73 Å². The first-order valence-electron chi connectivity index (χ1n) is 5.40. The van der Waals surface area contributed by atoms with E-state index in [4.69, 9.17) is 10.8 Å². The van der Waals surface area contributed by atoms with Crippen molar-refractivity contribution in [2.45, 2.75) is 38.0 Å². The third-order valence-corrected chi connectivity index (χ3v) is 3.09. The maximum Gasteiger partial charge on any atom is 0.404 e. The van der Waals surface area contributed by atoms with E-state index in [0.29, 0.717) is 13.0 Å². The summed E-state index contributed by atoms with van der Waals surface area (Å²) < 4.78 is 38.5. The zero-order valence-corrected chi connectivity index (χ0v) is 9.59. The van der Waals surface area contributed by atoms with Crippen LogP contribution in [0.15, 0.2) is 0 Å². The van der Waals surface area contributed by atoms with Crippen LogP contribution in [-0.4, -0.2) is 47.5 Å². The van der Waals surface area contributed by atoms with Gasteiger partial charge >= 0.3 is 6.18 Å². The van der Waals surface area contributed by atoms with Gasteiger partial charge in [0.05, 0.1) is 12.1 Å². The first kappa shape index (κ1) is 13.7. The summed E-state index contributed by atoms with van der Waals surface area (Å²) in [6.07, 6.45) is -3.84. The zero-order chi connectivity index (χ0) is 12.6. The molecule has 3 nitrogen and oxygen atoms in total. The van der Waals surface area contributed by atoms with Gasteiger partial charge in [-0.1, -0.05) is 13.8 Å². The number of alkyl halides is 3. The van der Waals surface area contributed by atoms with Gasteiger partial charge in [0, 0.05) is 13.1 Å². The van der Waals surface area contributed by atoms with Crippen molar-refractivity contribution in [1.29, 1.82) is 0 Å². The standard InChI is InChI=1S/C10H19F3N2O/c1-7(2)8(10(11,12)13)15-4-3-9(14,5-15)6-16/h7-8,16H,3-6,14H2,1-2H3. The van der Waals surface area contributed by atoms with E-state index < -0.39 is 23.7 Å². The first-order chi connectivity index (χ1) is 7.19. The van der Waals surface area contributed by atoms with E-state index in [1.165, 1.54) is 4.90 Å². The fraction of sp³-hybridized carbons (Fsp3) is 1.00. The van der Waals surface area contributed by atoms with Crippen LogP contribution in [0.3, 0.4) is 0 Å². The minimum Gasteiger partial charge on any atom is -0.394 e. The maximum absolute atomic E-state index is 12.8. The van der Waals surface area contributed by atoms with Gasteiger partial charge in [0.25, 0.3) is 0 Å². The van der Waals surface area contributed by atoms with Crippen LogP contribution in [0.4, 0.5) is 13.2 Å². The molecule has 0 radical (unpaired) electrons. The molecule has 0 amide bonds. The largest absolute Gasteiger partial charge is 0.404 e. The van der Waals surface area contributed by atoms with Crippen LogP contribution in [0.1, 0.15) is 20.3 Å². The molecule has 2 unspecified atom stereocenters. The average molecular weight is 240 g/mol. The summed E-state index contributed by atoms with van der Waals surface area (Å²) in [5.74, 6) is -0.513. The Morgan fingerprint density at radius 1 is 1.44 bits per heavy atom. The Morgan fingerprint density at radius 2 is 2.00 bits per heavy atom. The number of aliphatic hydroxyl groups is 1. The normalized spacial score (nSPS) is 30.0. The predicted octanol–water partition coefficient (Wildman–Crippen LogP) is 0.969. The minimum atomic E-state index is -4.24. The highest BCUT2D eigenvalue weighted by atomic mass is 19.4. The molecule has 1 fully saturated rings.